The molecule has 0 saturated heterocycles. The third-order valence-corrected chi connectivity index (χ3v) is 3.69. The number of anilines is 1. The number of nitrogens with one attached hydrogen (secondary N) is 1. The van der Waals surface area contributed by atoms with Crippen molar-refractivity contribution in [2.45, 2.75) is 0 Å². The van der Waals surface area contributed by atoms with E-state index in [2.05, 4.69) is 5.32 Å². The molecule has 1 aliphatic heterocycles. The van der Waals surface area contributed by atoms with Gasteiger partial charge in [0.05, 0.1) is 22.6 Å². The standard InChI is InChI=1S/C18H13N3O7/c19-9-11-2-1-3-12(6-11)20-17(22)10-28-18(23)13-7-15-16(27-5-4-26-15)8-14(13)21(24)25/h1-3,6-8H,4-5,10H2,(H,20,22). The van der Waals surface area contributed by atoms with Crippen LogP contribution >= 0.6 is 0 Å². The van der Waals surface area contributed by atoms with E-state index in [0.29, 0.717) is 11.3 Å². The van der Waals surface area contributed by atoms with Crippen molar-refractivity contribution in [1.29, 1.82) is 5.26 Å². The topological polar surface area (TPSA) is 141 Å². The highest BCUT2D eigenvalue weighted by molar-refractivity contribution is 5.98. The van der Waals surface area contributed by atoms with Crippen LogP contribution in [0.1, 0.15) is 15.9 Å². The number of carbonyl (C=O) groups is 2. The molecule has 1 amide bonds. The van der Waals surface area contributed by atoms with Crippen molar-refractivity contribution in [2.24, 2.45) is 0 Å². The summed E-state index contributed by atoms with van der Waals surface area (Å²) in [6, 6.07) is 10.3. The molecule has 0 atom stereocenters. The number of esters is 1. The van der Waals surface area contributed by atoms with E-state index in [9.17, 15) is 19.7 Å². The van der Waals surface area contributed by atoms with E-state index in [1.807, 2.05) is 6.07 Å². The Bertz CT molecular complexity index is 997. The van der Waals surface area contributed by atoms with Gasteiger partial charge in [0, 0.05) is 11.8 Å². The number of nitro benzene ring substituents is 1. The lowest BCUT2D eigenvalue weighted by molar-refractivity contribution is -0.385. The van der Waals surface area contributed by atoms with Crippen molar-refractivity contribution < 1.29 is 28.7 Å². The number of nitrogens with zero attached hydrogens (tertiary/aromatic N) is 2. The number of fused-ring (bicyclic) bond motifs is 1. The van der Waals surface area contributed by atoms with Gasteiger partial charge in [0.1, 0.15) is 18.8 Å². The van der Waals surface area contributed by atoms with Crippen molar-refractivity contribution in [1.82, 2.24) is 0 Å². The van der Waals surface area contributed by atoms with Crippen molar-refractivity contribution in [2.75, 3.05) is 25.1 Å². The molecule has 2 aromatic rings. The Morgan fingerprint density at radius 1 is 1.21 bits per heavy atom. The van der Waals surface area contributed by atoms with Gasteiger partial charge in [-0.2, -0.15) is 5.26 Å². The Morgan fingerprint density at radius 2 is 1.93 bits per heavy atom. The molecule has 2 aromatic carbocycles. The van der Waals surface area contributed by atoms with Crippen molar-refractivity contribution in [3.05, 3.63) is 57.6 Å². The number of hydrogen-bond donors (Lipinski definition) is 1. The van der Waals surface area contributed by atoms with E-state index < -0.39 is 29.1 Å². The third-order valence-electron chi connectivity index (χ3n) is 3.69. The van der Waals surface area contributed by atoms with Crippen LogP contribution in [0.2, 0.25) is 0 Å². The molecule has 0 aliphatic carbocycles. The predicted molar refractivity (Wildman–Crippen MR) is 94.2 cm³/mol. The molecule has 142 valence electrons. The van der Waals surface area contributed by atoms with Crippen LogP contribution in [-0.2, 0) is 9.53 Å². The molecule has 1 N–H and O–H groups in total. The fourth-order valence-electron chi connectivity index (χ4n) is 2.47. The van der Waals surface area contributed by atoms with Crippen LogP contribution in [-0.4, -0.2) is 36.6 Å². The normalized spacial score (nSPS) is 11.8. The summed E-state index contributed by atoms with van der Waals surface area (Å²) in [5.41, 5.74) is -0.169. The Labute approximate surface area is 158 Å². The van der Waals surface area contributed by atoms with Crippen LogP contribution in [0.25, 0.3) is 0 Å². The van der Waals surface area contributed by atoms with E-state index in [1.165, 1.54) is 6.07 Å². The van der Waals surface area contributed by atoms with Gasteiger partial charge in [0.2, 0.25) is 0 Å². The van der Waals surface area contributed by atoms with Gasteiger partial charge in [-0.15, -0.1) is 0 Å². The first kappa shape index (κ1) is 18.7. The highest BCUT2D eigenvalue weighted by Crippen LogP contribution is 2.36. The molecule has 1 heterocycles. The van der Waals surface area contributed by atoms with Gasteiger partial charge in [-0.3, -0.25) is 14.9 Å². The quantitative estimate of drug-likeness (QED) is 0.470. The molecule has 1 aliphatic rings. The molecule has 0 spiro atoms. The second-order valence-electron chi connectivity index (χ2n) is 5.59. The van der Waals surface area contributed by atoms with E-state index in [4.69, 9.17) is 19.5 Å². The first-order chi connectivity index (χ1) is 13.5. The van der Waals surface area contributed by atoms with Crippen LogP contribution in [0, 0.1) is 21.4 Å². The van der Waals surface area contributed by atoms with Gasteiger partial charge in [-0.05, 0) is 18.2 Å². The molecular weight excluding hydrogens is 370 g/mol. The highest BCUT2D eigenvalue weighted by atomic mass is 16.6. The molecule has 28 heavy (non-hydrogen) atoms. The van der Waals surface area contributed by atoms with Crippen LogP contribution in [0.4, 0.5) is 11.4 Å². The maximum Gasteiger partial charge on any atom is 0.345 e. The van der Waals surface area contributed by atoms with Gasteiger partial charge >= 0.3 is 5.97 Å². The zero-order valence-corrected chi connectivity index (χ0v) is 14.3. The van der Waals surface area contributed by atoms with Gasteiger partial charge in [-0.1, -0.05) is 6.07 Å². The Balaban J connectivity index is 1.69. The lowest BCUT2D eigenvalue weighted by Gasteiger charge is -2.18. The molecule has 10 nitrogen and oxygen atoms in total. The van der Waals surface area contributed by atoms with E-state index in [-0.39, 0.29) is 30.3 Å². The van der Waals surface area contributed by atoms with Crippen molar-refractivity contribution >= 4 is 23.3 Å². The average Bonchev–Trinajstić information content (AvgIpc) is 2.71. The summed E-state index contributed by atoms with van der Waals surface area (Å²) < 4.78 is 15.5. The van der Waals surface area contributed by atoms with Gasteiger partial charge in [0.25, 0.3) is 11.6 Å². The summed E-state index contributed by atoms with van der Waals surface area (Å²) in [5.74, 6) is -1.38. The summed E-state index contributed by atoms with van der Waals surface area (Å²) >= 11 is 0. The SMILES string of the molecule is N#Cc1cccc(NC(=O)COC(=O)c2cc3c(cc2[N+](=O)[O-])OCCO3)c1. The zero-order valence-electron chi connectivity index (χ0n) is 14.3. The first-order valence-electron chi connectivity index (χ1n) is 8.03. The minimum Gasteiger partial charge on any atom is -0.486 e. The fraction of sp³-hybridized carbons (Fsp3) is 0.167. The summed E-state index contributed by atoms with van der Waals surface area (Å²) in [4.78, 5) is 34.7. The number of hydrogen-bond acceptors (Lipinski definition) is 8. The maximum atomic E-state index is 12.3. The summed E-state index contributed by atoms with van der Waals surface area (Å²) in [5, 5.41) is 22.6. The molecular formula is C18H13N3O7. The number of nitro groups is 1. The lowest BCUT2D eigenvalue weighted by atomic mass is 10.1. The average molecular weight is 383 g/mol. The number of amides is 1. The summed E-state index contributed by atoms with van der Waals surface area (Å²) in [7, 11) is 0. The smallest absolute Gasteiger partial charge is 0.345 e. The van der Waals surface area contributed by atoms with Crippen LogP contribution in [0.15, 0.2) is 36.4 Å². The molecule has 0 fully saturated rings. The van der Waals surface area contributed by atoms with E-state index >= 15 is 0 Å². The Morgan fingerprint density at radius 3 is 2.61 bits per heavy atom. The molecule has 0 unspecified atom stereocenters. The third kappa shape index (κ3) is 4.16. The summed E-state index contributed by atoms with van der Waals surface area (Å²) in [6.07, 6.45) is 0. The van der Waals surface area contributed by atoms with Gasteiger partial charge in [0.15, 0.2) is 18.1 Å². The highest BCUT2D eigenvalue weighted by Gasteiger charge is 2.27. The molecule has 10 heteroatoms. The first-order valence-corrected chi connectivity index (χ1v) is 8.03. The minimum absolute atomic E-state index is 0.157. The number of benzene rings is 2. The monoisotopic (exact) mass is 383 g/mol. The number of nitriles is 1. The van der Waals surface area contributed by atoms with Crippen LogP contribution in [0.3, 0.4) is 0 Å². The van der Waals surface area contributed by atoms with Crippen LogP contribution in [0.5, 0.6) is 11.5 Å². The lowest BCUT2D eigenvalue weighted by Crippen LogP contribution is -2.22. The second-order valence-corrected chi connectivity index (χ2v) is 5.59. The van der Waals surface area contributed by atoms with Gasteiger partial charge in [-0.25, -0.2) is 4.79 Å². The number of rotatable bonds is 5. The maximum absolute atomic E-state index is 12.3. The molecule has 0 aromatic heterocycles. The van der Waals surface area contributed by atoms with Crippen molar-refractivity contribution in [3.8, 4) is 17.6 Å². The number of ether oxygens (including phenoxy) is 3. The zero-order chi connectivity index (χ0) is 20.1. The minimum atomic E-state index is -1.05. The van der Waals surface area contributed by atoms with Gasteiger partial charge < -0.3 is 19.5 Å². The van der Waals surface area contributed by atoms with E-state index in [1.54, 1.807) is 18.2 Å². The Kier molecular flexibility index (Phi) is 5.36. The molecule has 0 bridgehead atoms. The fourth-order valence-corrected chi connectivity index (χ4v) is 2.47. The predicted octanol–water partition coefficient (Wildman–Crippen LogP) is 2.03. The Hall–Kier alpha value is -4.13. The number of carbonyl (C=O) groups excluding carboxylic acids is 2. The molecule has 0 saturated carbocycles. The molecule has 3 rings (SSSR count). The van der Waals surface area contributed by atoms with Crippen molar-refractivity contribution in [3.63, 3.8) is 0 Å². The molecule has 0 radical (unpaired) electrons. The summed E-state index contributed by atoms with van der Waals surface area (Å²) in [6.45, 7) is -0.189. The second kappa shape index (κ2) is 8.05. The van der Waals surface area contributed by atoms with Crippen LogP contribution < -0.4 is 14.8 Å². The van der Waals surface area contributed by atoms with E-state index in [0.717, 1.165) is 12.1 Å². The largest absolute Gasteiger partial charge is 0.486 e.